The fourth-order valence-electron chi connectivity index (χ4n) is 0.496. The van der Waals surface area contributed by atoms with E-state index in [1.54, 1.807) is 0 Å². The van der Waals surface area contributed by atoms with E-state index in [4.69, 9.17) is 6.42 Å². The SMILES string of the molecule is C#CCCC(=C)CN=C=C. The Morgan fingerprint density at radius 3 is 2.80 bits per heavy atom. The van der Waals surface area contributed by atoms with Gasteiger partial charge in [0.2, 0.25) is 0 Å². The molecule has 0 N–H and O–H groups in total. The topological polar surface area (TPSA) is 12.4 Å². The van der Waals surface area contributed by atoms with Gasteiger partial charge >= 0.3 is 0 Å². The minimum Gasteiger partial charge on any atom is -0.239 e. The second kappa shape index (κ2) is 5.88. The number of hydrogen-bond acceptors (Lipinski definition) is 1. The van der Waals surface area contributed by atoms with Crippen molar-refractivity contribution in [1.82, 2.24) is 0 Å². The molecule has 0 amide bonds. The predicted octanol–water partition coefficient (Wildman–Crippen LogP) is 1.81. The van der Waals surface area contributed by atoms with Crippen LogP contribution in [0, 0.1) is 12.3 Å². The Kier molecular flexibility index (Phi) is 5.14. The van der Waals surface area contributed by atoms with Gasteiger partial charge in [-0.25, -0.2) is 4.99 Å². The monoisotopic (exact) mass is 133 g/mol. The summed E-state index contributed by atoms with van der Waals surface area (Å²) in [6.07, 6.45) is 6.65. The predicted molar refractivity (Wildman–Crippen MR) is 45.1 cm³/mol. The maximum atomic E-state index is 5.06. The molecule has 0 spiro atoms. The Bertz CT molecular complexity index is 189. The average molecular weight is 133 g/mol. The quantitative estimate of drug-likeness (QED) is 0.315. The Hall–Kier alpha value is -1.25. The van der Waals surface area contributed by atoms with E-state index < -0.39 is 0 Å². The summed E-state index contributed by atoms with van der Waals surface area (Å²) < 4.78 is 0. The van der Waals surface area contributed by atoms with Crippen LogP contribution in [0.4, 0.5) is 0 Å². The van der Waals surface area contributed by atoms with Gasteiger partial charge < -0.3 is 0 Å². The van der Waals surface area contributed by atoms with Crippen LogP contribution < -0.4 is 0 Å². The second-order valence-electron chi connectivity index (χ2n) is 1.93. The molecule has 0 heterocycles. The lowest BCUT2D eigenvalue weighted by molar-refractivity contribution is 0.957. The van der Waals surface area contributed by atoms with Crippen LogP contribution in [0.15, 0.2) is 23.7 Å². The van der Waals surface area contributed by atoms with Crippen LogP contribution >= 0.6 is 0 Å². The van der Waals surface area contributed by atoms with E-state index in [2.05, 4.69) is 29.9 Å². The zero-order valence-electron chi connectivity index (χ0n) is 6.06. The minimum atomic E-state index is 0.602. The molecule has 1 nitrogen and oxygen atoms in total. The lowest BCUT2D eigenvalue weighted by Crippen LogP contribution is -1.85. The van der Waals surface area contributed by atoms with Crippen LogP contribution in [0.5, 0.6) is 0 Å². The number of terminal acetylenes is 1. The second-order valence-corrected chi connectivity index (χ2v) is 1.93. The molecule has 10 heavy (non-hydrogen) atoms. The third kappa shape index (κ3) is 4.90. The molecule has 0 aliphatic rings. The van der Waals surface area contributed by atoms with Gasteiger partial charge in [0, 0.05) is 6.42 Å². The zero-order valence-corrected chi connectivity index (χ0v) is 6.06. The van der Waals surface area contributed by atoms with Crippen molar-refractivity contribution < 1.29 is 0 Å². The van der Waals surface area contributed by atoms with Gasteiger partial charge in [0.25, 0.3) is 0 Å². The van der Waals surface area contributed by atoms with E-state index in [0.717, 1.165) is 18.4 Å². The minimum absolute atomic E-state index is 0.602. The molecule has 52 valence electrons. The Balaban J connectivity index is 3.46. The molecule has 1 heteroatoms. The van der Waals surface area contributed by atoms with Crippen molar-refractivity contribution in [3.05, 3.63) is 18.7 Å². The Labute approximate surface area is 62.2 Å². The fraction of sp³-hybridized carbons (Fsp3) is 0.333. The van der Waals surface area contributed by atoms with Crippen LogP contribution in [-0.4, -0.2) is 12.4 Å². The van der Waals surface area contributed by atoms with E-state index in [-0.39, 0.29) is 0 Å². The van der Waals surface area contributed by atoms with Crippen LogP contribution in [0.2, 0.25) is 0 Å². The van der Waals surface area contributed by atoms with Gasteiger partial charge in [0.1, 0.15) is 0 Å². The first-order chi connectivity index (χ1) is 4.81. The third-order valence-corrected chi connectivity index (χ3v) is 1.04. The van der Waals surface area contributed by atoms with Crippen molar-refractivity contribution in [3.63, 3.8) is 0 Å². The van der Waals surface area contributed by atoms with Gasteiger partial charge in [-0.15, -0.1) is 12.3 Å². The van der Waals surface area contributed by atoms with Gasteiger partial charge in [0.05, 0.1) is 6.54 Å². The number of nitrogens with zero attached hydrogens (tertiary/aromatic N) is 1. The van der Waals surface area contributed by atoms with E-state index >= 15 is 0 Å². The standard InChI is InChI=1S/C9H11N/c1-4-6-7-9(3)8-10-5-2/h1H,2-3,6-8H2. The molecule has 0 saturated carbocycles. The first-order valence-electron chi connectivity index (χ1n) is 3.10. The van der Waals surface area contributed by atoms with E-state index in [1.165, 1.54) is 0 Å². The van der Waals surface area contributed by atoms with E-state index in [1.807, 2.05) is 0 Å². The lowest BCUT2D eigenvalue weighted by Gasteiger charge is -1.94. The molecule has 0 saturated heterocycles. The van der Waals surface area contributed by atoms with Gasteiger partial charge in [-0.2, -0.15) is 0 Å². The molecule has 0 atom stereocenters. The smallest absolute Gasteiger partial charge is 0.0691 e. The molecule has 0 aromatic carbocycles. The maximum Gasteiger partial charge on any atom is 0.0691 e. The highest BCUT2D eigenvalue weighted by Crippen LogP contribution is 2.00. The van der Waals surface area contributed by atoms with Crippen LogP contribution in [0.25, 0.3) is 0 Å². The van der Waals surface area contributed by atoms with Gasteiger partial charge in [0.15, 0.2) is 0 Å². The van der Waals surface area contributed by atoms with Crippen LogP contribution in [0.3, 0.4) is 0 Å². The van der Waals surface area contributed by atoms with Crippen molar-refractivity contribution in [3.8, 4) is 12.3 Å². The molecule has 0 aromatic heterocycles. The molecule has 0 bridgehead atoms. The molecular formula is C9H11N. The summed E-state index contributed by atoms with van der Waals surface area (Å²) in [5.74, 6) is 4.97. The fourth-order valence-corrected chi connectivity index (χ4v) is 0.496. The van der Waals surface area contributed by atoms with Crippen molar-refractivity contribution in [2.75, 3.05) is 6.54 Å². The van der Waals surface area contributed by atoms with Gasteiger partial charge in [-0.05, 0) is 18.9 Å². The summed E-state index contributed by atoms with van der Waals surface area (Å²) in [4.78, 5) is 3.80. The first-order valence-corrected chi connectivity index (χ1v) is 3.10. The van der Waals surface area contributed by atoms with Gasteiger partial charge in [-0.3, -0.25) is 0 Å². The molecule has 0 unspecified atom stereocenters. The molecule has 0 fully saturated rings. The number of hydrogen-bond donors (Lipinski definition) is 0. The molecule has 0 radical (unpaired) electrons. The van der Waals surface area contributed by atoms with Crippen molar-refractivity contribution >= 4 is 5.87 Å². The molecule has 0 aromatic rings. The van der Waals surface area contributed by atoms with Crippen LogP contribution in [-0.2, 0) is 0 Å². The summed E-state index contributed by atoms with van der Waals surface area (Å²) >= 11 is 0. The number of aliphatic imine (C=N–C) groups is 1. The Morgan fingerprint density at radius 1 is 1.60 bits per heavy atom. The molecule has 0 aliphatic heterocycles. The third-order valence-electron chi connectivity index (χ3n) is 1.04. The summed E-state index contributed by atoms with van der Waals surface area (Å²) in [7, 11) is 0. The highest BCUT2D eigenvalue weighted by Gasteiger charge is 1.88. The van der Waals surface area contributed by atoms with E-state index in [0.29, 0.717) is 6.54 Å². The zero-order chi connectivity index (χ0) is 7.82. The first kappa shape index (κ1) is 8.75. The van der Waals surface area contributed by atoms with Crippen LogP contribution in [0.1, 0.15) is 12.8 Å². The number of rotatable bonds is 4. The summed E-state index contributed by atoms with van der Waals surface area (Å²) in [6.45, 7) is 7.71. The summed E-state index contributed by atoms with van der Waals surface area (Å²) in [5.41, 5.74) is 1.04. The maximum absolute atomic E-state index is 5.06. The lowest BCUT2D eigenvalue weighted by atomic mass is 10.2. The summed E-state index contributed by atoms with van der Waals surface area (Å²) in [5, 5.41) is 0. The normalized spacial score (nSPS) is 7.50. The van der Waals surface area contributed by atoms with Crippen molar-refractivity contribution in [2.45, 2.75) is 12.8 Å². The highest BCUT2D eigenvalue weighted by molar-refractivity contribution is 5.46. The van der Waals surface area contributed by atoms with Gasteiger partial charge in [-0.1, -0.05) is 12.2 Å². The average Bonchev–Trinajstić information content (AvgIpc) is 1.97. The molecule has 0 rings (SSSR count). The molecule has 0 aliphatic carbocycles. The van der Waals surface area contributed by atoms with Crippen molar-refractivity contribution in [1.29, 1.82) is 0 Å². The van der Waals surface area contributed by atoms with E-state index in [9.17, 15) is 0 Å². The largest absolute Gasteiger partial charge is 0.239 e. The summed E-state index contributed by atoms with van der Waals surface area (Å²) in [6, 6.07) is 0. The molecular weight excluding hydrogens is 122 g/mol. The highest BCUT2D eigenvalue weighted by atomic mass is 14.7. The van der Waals surface area contributed by atoms with Crippen molar-refractivity contribution in [2.24, 2.45) is 4.99 Å². The Morgan fingerprint density at radius 2 is 2.30 bits per heavy atom.